The molecule has 0 aliphatic carbocycles. The zero-order valence-corrected chi connectivity index (χ0v) is 17.4. The molecule has 1 N–H and O–H groups in total. The Balaban J connectivity index is 1.71. The summed E-state index contributed by atoms with van der Waals surface area (Å²) >= 11 is 1.35. The number of nitrogens with one attached hydrogen (secondary N) is 1. The van der Waals surface area contributed by atoms with Crippen molar-refractivity contribution in [3.8, 4) is 0 Å². The highest BCUT2D eigenvalue weighted by Gasteiger charge is 2.38. The van der Waals surface area contributed by atoms with Crippen LogP contribution in [0.2, 0.25) is 0 Å². The van der Waals surface area contributed by atoms with Crippen molar-refractivity contribution in [1.82, 2.24) is 4.90 Å². The van der Waals surface area contributed by atoms with Gasteiger partial charge < -0.3 is 10.1 Å². The van der Waals surface area contributed by atoms with Gasteiger partial charge in [0.1, 0.15) is 5.25 Å². The van der Waals surface area contributed by atoms with Crippen molar-refractivity contribution in [3.63, 3.8) is 0 Å². The van der Waals surface area contributed by atoms with E-state index in [1.807, 2.05) is 61.5 Å². The van der Waals surface area contributed by atoms with Crippen molar-refractivity contribution in [2.45, 2.75) is 25.0 Å². The molecule has 0 aromatic heterocycles. The van der Waals surface area contributed by atoms with Gasteiger partial charge in [0.05, 0.1) is 5.69 Å². The van der Waals surface area contributed by atoms with Gasteiger partial charge in [0.15, 0.2) is 5.17 Å². The standard InChI is InChI=1S/C22H25N3O3S/c1-16-8-6-11-18(14-16)23-20(26)15-19-21(27)25(12-7-13-28-2)22(29-19)24-17-9-4-3-5-10-17/h3-6,8-11,14,19H,7,12-13,15H2,1-2H3,(H,23,26)/t19-/m0/s1. The number of aryl methyl sites for hydroxylation is 1. The van der Waals surface area contributed by atoms with E-state index < -0.39 is 5.25 Å². The lowest BCUT2D eigenvalue weighted by Gasteiger charge is -2.16. The highest BCUT2D eigenvalue weighted by molar-refractivity contribution is 8.15. The summed E-state index contributed by atoms with van der Waals surface area (Å²) in [5.74, 6) is -0.264. The number of amides is 2. The Morgan fingerprint density at radius 3 is 2.72 bits per heavy atom. The zero-order valence-electron chi connectivity index (χ0n) is 16.6. The van der Waals surface area contributed by atoms with E-state index in [2.05, 4.69) is 10.3 Å². The third-order valence-corrected chi connectivity index (χ3v) is 5.58. The van der Waals surface area contributed by atoms with Crippen LogP contribution in [-0.4, -0.2) is 47.4 Å². The van der Waals surface area contributed by atoms with E-state index in [0.29, 0.717) is 24.7 Å². The quantitative estimate of drug-likeness (QED) is 0.667. The van der Waals surface area contributed by atoms with Gasteiger partial charge >= 0.3 is 0 Å². The summed E-state index contributed by atoms with van der Waals surface area (Å²) in [6, 6.07) is 17.1. The van der Waals surface area contributed by atoms with E-state index in [0.717, 1.165) is 16.9 Å². The summed E-state index contributed by atoms with van der Waals surface area (Å²) in [5.41, 5.74) is 2.58. The van der Waals surface area contributed by atoms with Crippen LogP contribution in [0.25, 0.3) is 0 Å². The minimum absolute atomic E-state index is 0.0832. The van der Waals surface area contributed by atoms with Crippen LogP contribution in [0, 0.1) is 6.92 Å². The number of aliphatic imine (C=N–C) groups is 1. The molecule has 0 radical (unpaired) electrons. The van der Waals surface area contributed by atoms with E-state index >= 15 is 0 Å². The molecule has 1 saturated heterocycles. The summed E-state index contributed by atoms with van der Waals surface area (Å²) in [4.78, 5) is 31.7. The predicted octanol–water partition coefficient (Wildman–Crippen LogP) is 3.99. The molecule has 1 fully saturated rings. The predicted molar refractivity (Wildman–Crippen MR) is 118 cm³/mol. The molecule has 0 spiro atoms. The van der Waals surface area contributed by atoms with Crippen molar-refractivity contribution >= 4 is 40.1 Å². The Labute approximate surface area is 175 Å². The van der Waals surface area contributed by atoms with Crippen LogP contribution in [0.3, 0.4) is 0 Å². The van der Waals surface area contributed by atoms with Gasteiger partial charge in [0.2, 0.25) is 11.8 Å². The smallest absolute Gasteiger partial charge is 0.242 e. The summed E-state index contributed by atoms with van der Waals surface area (Å²) in [5, 5.41) is 3.03. The molecule has 0 saturated carbocycles. The first-order valence-electron chi connectivity index (χ1n) is 9.54. The van der Waals surface area contributed by atoms with Crippen molar-refractivity contribution in [3.05, 3.63) is 60.2 Å². The largest absolute Gasteiger partial charge is 0.385 e. The number of amidine groups is 1. The topological polar surface area (TPSA) is 71.0 Å². The molecular formula is C22H25N3O3S. The normalized spacial score (nSPS) is 17.7. The van der Waals surface area contributed by atoms with Crippen molar-refractivity contribution in [1.29, 1.82) is 0 Å². The van der Waals surface area contributed by atoms with E-state index in [9.17, 15) is 9.59 Å². The number of hydrogen-bond donors (Lipinski definition) is 1. The number of rotatable bonds is 8. The lowest BCUT2D eigenvalue weighted by molar-refractivity contribution is -0.128. The average Bonchev–Trinajstić information content (AvgIpc) is 2.97. The maximum absolute atomic E-state index is 12.9. The van der Waals surface area contributed by atoms with Gasteiger partial charge in [-0.25, -0.2) is 4.99 Å². The van der Waals surface area contributed by atoms with Gasteiger partial charge in [-0.05, 0) is 43.2 Å². The number of benzene rings is 2. The highest BCUT2D eigenvalue weighted by atomic mass is 32.2. The van der Waals surface area contributed by atoms with Crippen LogP contribution in [0.5, 0.6) is 0 Å². The number of para-hydroxylation sites is 1. The molecule has 1 aliphatic rings. The Kier molecular flexibility index (Phi) is 7.43. The molecule has 1 heterocycles. The van der Waals surface area contributed by atoms with E-state index in [1.54, 1.807) is 12.0 Å². The lowest BCUT2D eigenvalue weighted by Crippen LogP contribution is -2.34. The molecule has 1 atom stereocenters. The van der Waals surface area contributed by atoms with Crippen LogP contribution in [0.1, 0.15) is 18.4 Å². The van der Waals surface area contributed by atoms with Crippen LogP contribution in [0.4, 0.5) is 11.4 Å². The van der Waals surface area contributed by atoms with Gasteiger partial charge in [-0.3, -0.25) is 14.5 Å². The van der Waals surface area contributed by atoms with Crippen molar-refractivity contribution in [2.24, 2.45) is 4.99 Å². The Hall–Kier alpha value is -2.64. The molecule has 1 aliphatic heterocycles. The second kappa shape index (κ2) is 10.2. The van der Waals surface area contributed by atoms with Crippen LogP contribution in [0.15, 0.2) is 59.6 Å². The van der Waals surface area contributed by atoms with Gasteiger partial charge in [-0.1, -0.05) is 42.1 Å². The third kappa shape index (κ3) is 5.92. The van der Waals surface area contributed by atoms with Gasteiger partial charge in [0, 0.05) is 32.4 Å². The Bertz CT molecular complexity index is 886. The summed E-state index contributed by atoms with van der Waals surface area (Å²) in [6.45, 7) is 3.04. The van der Waals surface area contributed by atoms with Gasteiger partial charge in [0.25, 0.3) is 0 Å². The van der Waals surface area contributed by atoms with E-state index in [4.69, 9.17) is 4.74 Å². The summed E-state index contributed by atoms with van der Waals surface area (Å²) in [7, 11) is 1.64. The molecule has 0 bridgehead atoms. The fourth-order valence-corrected chi connectivity index (χ4v) is 4.20. The maximum Gasteiger partial charge on any atom is 0.242 e. The van der Waals surface area contributed by atoms with Gasteiger partial charge in [-0.15, -0.1) is 0 Å². The fourth-order valence-electron chi connectivity index (χ4n) is 3.01. The van der Waals surface area contributed by atoms with Crippen molar-refractivity contribution < 1.29 is 14.3 Å². The molecule has 2 aromatic rings. The summed E-state index contributed by atoms with van der Waals surface area (Å²) in [6.07, 6.45) is 0.810. The fraction of sp³-hybridized carbons (Fsp3) is 0.318. The maximum atomic E-state index is 12.9. The first-order valence-corrected chi connectivity index (χ1v) is 10.4. The van der Waals surface area contributed by atoms with Gasteiger partial charge in [-0.2, -0.15) is 0 Å². The number of thioether (sulfide) groups is 1. The van der Waals surface area contributed by atoms with Crippen LogP contribution in [-0.2, 0) is 14.3 Å². The highest BCUT2D eigenvalue weighted by Crippen LogP contribution is 2.32. The van der Waals surface area contributed by atoms with Crippen molar-refractivity contribution in [2.75, 3.05) is 25.6 Å². The summed E-state index contributed by atoms with van der Waals surface area (Å²) < 4.78 is 5.11. The Morgan fingerprint density at radius 2 is 2.00 bits per heavy atom. The molecule has 29 heavy (non-hydrogen) atoms. The van der Waals surface area contributed by atoms with Crippen LogP contribution >= 0.6 is 11.8 Å². The molecular weight excluding hydrogens is 386 g/mol. The number of ether oxygens (including phenoxy) is 1. The third-order valence-electron chi connectivity index (χ3n) is 4.40. The molecule has 2 aromatic carbocycles. The number of anilines is 1. The number of carbonyl (C=O) groups is 2. The number of nitrogens with zero attached hydrogens (tertiary/aromatic N) is 2. The molecule has 3 rings (SSSR count). The second-order valence-electron chi connectivity index (χ2n) is 6.79. The second-order valence-corrected chi connectivity index (χ2v) is 7.96. The van der Waals surface area contributed by atoms with E-state index in [-0.39, 0.29) is 18.2 Å². The molecule has 6 nitrogen and oxygen atoms in total. The molecule has 152 valence electrons. The zero-order chi connectivity index (χ0) is 20.6. The minimum atomic E-state index is -0.482. The monoisotopic (exact) mass is 411 g/mol. The number of hydrogen-bond acceptors (Lipinski definition) is 5. The lowest BCUT2D eigenvalue weighted by atomic mass is 10.2. The average molecular weight is 412 g/mol. The SMILES string of the molecule is COCCCN1C(=O)[C@H](CC(=O)Nc2cccc(C)c2)SC1=Nc1ccccc1. The Morgan fingerprint density at radius 1 is 1.21 bits per heavy atom. The van der Waals surface area contributed by atoms with E-state index in [1.165, 1.54) is 11.8 Å². The minimum Gasteiger partial charge on any atom is -0.385 e. The molecule has 7 heteroatoms. The first kappa shape index (κ1) is 21.1. The molecule has 2 amide bonds. The molecule has 0 unspecified atom stereocenters. The first-order chi connectivity index (χ1) is 14.1. The van der Waals surface area contributed by atoms with Crippen LogP contribution < -0.4 is 5.32 Å². The number of methoxy groups -OCH3 is 1. The number of carbonyl (C=O) groups excluding carboxylic acids is 2.